The van der Waals surface area contributed by atoms with Crippen LogP contribution in [0.5, 0.6) is 0 Å². The minimum Gasteiger partial charge on any atom is -0.324 e. The van der Waals surface area contributed by atoms with Crippen molar-refractivity contribution in [2.45, 2.75) is 13.8 Å². The Morgan fingerprint density at radius 2 is 2.00 bits per heavy atom. The van der Waals surface area contributed by atoms with Gasteiger partial charge in [-0.2, -0.15) is 0 Å². The number of benzene rings is 1. The number of piperazine rings is 1. The van der Waals surface area contributed by atoms with Crippen LogP contribution in [-0.2, 0) is 4.79 Å². The third-order valence-electron chi connectivity index (χ3n) is 3.10. The van der Waals surface area contributed by atoms with Crippen molar-refractivity contribution in [2.75, 3.05) is 38.0 Å². The molecule has 0 saturated carbocycles. The molecule has 0 spiro atoms. The molecule has 2 rings (SSSR count). The molecule has 1 fully saturated rings. The number of amides is 1. The fourth-order valence-electron chi connectivity index (χ4n) is 2.07. The first-order valence-electron chi connectivity index (χ1n) is 7.26. The minimum atomic E-state index is -1.99. The summed E-state index contributed by atoms with van der Waals surface area (Å²) >= 11 is 0. The van der Waals surface area contributed by atoms with E-state index in [1.165, 1.54) is 0 Å². The zero-order valence-corrected chi connectivity index (χ0v) is 10.9. The highest BCUT2D eigenvalue weighted by atomic mass is 16.2. The Morgan fingerprint density at radius 3 is 2.61 bits per heavy atom. The molecule has 18 heavy (non-hydrogen) atoms. The summed E-state index contributed by atoms with van der Waals surface area (Å²) in [5.41, 5.74) is 2.58. The van der Waals surface area contributed by atoms with Crippen molar-refractivity contribution >= 4 is 11.6 Å². The summed E-state index contributed by atoms with van der Waals surface area (Å²) < 4.78 is 16.1. The third kappa shape index (κ3) is 3.31. The summed E-state index contributed by atoms with van der Waals surface area (Å²) in [6.45, 7) is 4.30. The third-order valence-corrected chi connectivity index (χ3v) is 3.10. The largest absolute Gasteiger partial charge is 0.324 e. The lowest BCUT2D eigenvalue weighted by molar-refractivity contribution is -0.117. The Morgan fingerprint density at radius 1 is 1.39 bits per heavy atom. The molecule has 1 aromatic rings. The van der Waals surface area contributed by atoms with Crippen molar-refractivity contribution in [3.05, 3.63) is 29.3 Å². The van der Waals surface area contributed by atoms with Gasteiger partial charge in [-0.3, -0.25) is 9.69 Å². The SMILES string of the molecule is [2H]C([2H])(C(=O)Nc1c(C)cccc1C)N1CCNCC1. The van der Waals surface area contributed by atoms with E-state index in [2.05, 4.69) is 10.6 Å². The van der Waals surface area contributed by atoms with E-state index in [0.29, 0.717) is 31.9 Å². The number of para-hydroxylation sites is 1. The van der Waals surface area contributed by atoms with Gasteiger partial charge in [-0.1, -0.05) is 18.2 Å². The van der Waals surface area contributed by atoms with Crippen LogP contribution in [0.25, 0.3) is 0 Å². The number of rotatable bonds is 3. The predicted molar refractivity (Wildman–Crippen MR) is 73.9 cm³/mol. The molecule has 4 nitrogen and oxygen atoms in total. The van der Waals surface area contributed by atoms with Crippen molar-refractivity contribution in [1.82, 2.24) is 10.2 Å². The van der Waals surface area contributed by atoms with Gasteiger partial charge in [0, 0.05) is 31.9 Å². The summed E-state index contributed by atoms with van der Waals surface area (Å²) in [5, 5.41) is 5.89. The molecular weight excluding hydrogens is 226 g/mol. The van der Waals surface area contributed by atoms with E-state index in [-0.39, 0.29) is 0 Å². The first-order valence-corrected chi connectivity index (χ1v) is 6.26. The summed E-state index contributed by atoms with van der Waals surface area (Å²) in [7, 11) is 0. The second kappa shape index (κ2) is 5.98. The number of aryl methyl sites for hydroxylation is 2. The highest BCUT2D eigenvalue weighted by molar-refractivity contribution is 5.93. The molecule has 0 radical (unpaired) electrons. The van der Waals surface area contributed by atoms with Crippen molar-refractivity contribution < 1.29 is 7.54 Å². The van der Waals surface area contributed by atoms with E-state index in [4.69, 9.17) is 2.74 Å². The van der Waals surface area contributed by atoms with Crippen molar-refractivity contribution in [3.8, 4) is 0 Å². The van der Waals surface area contributed by atoms with E-state index in [1.807, 2.05) is 32.0 Å². The van der Waals surface area contributed by atoms with Crippen LogP contribution in [0.4, 0.5) is 5.69 Å². The molecule has 1 aliphatic rings. The number of hydrogen-bond acceptors (Lipinski definition) is 3. The zero-order valence-electron chi connectivity index (χ0n) is 12.9. The fraction of sp³-hybridized carbons (Fsp3) is 0.500. The molecule has 1 aliphatic heterocycles. The standard InChI is InChI=1S/C14H21N3O/c1-11-4-3-5-12(2)14(11)16-13(18)10-17-8-6-15-7-9-17/h3-5,15H,6-10H2,1-2H3,(H,16,18)/i10D2. The lowest BCUT2D eigenvalue weighted by Gasteiger charge is -2.26. The molecule has 4 heteroatoms. The highest BCUT2D eigenvalue weighted by Crippen LogP contribution is 2.19. The lowest BCUT2D eigenvalue weighted by atomic mass is 10.1. The molecule has 0 aliphatic carbocycles. The predicted octanol–water partition coefficient (Wildman–Crippen LogP) is 1.15. The van der Waals surface area contributed by atoms with Gasteiger partial charge in [0.05, 0.1) is 9.24 Å². The summed E-state index contributed by atoms with van der Waals surface area (Å²) in [6, 6.07) is 5.73. The second-order valence-electron chi connectivity index (χ2n) is 4.57. The van der Waals surface area contributed by atoms with Gasteiger partial charge < -0.3 is 10.6 Å². The number of nitrogens with zero attached hydrogens (tertiary/aromatic N) is 1. The molecule has 1 saturated heterocycles. The second-order valence-corrected chi connectivity index (χ2v) is 4.57. The highest BCUT2D eigenvalue weighted by Gasteiger charge is 2.14. The Balaban J connectivity index is 2.14. The summed E-state index contributed by atoms with van der Waals surface area (Å²) in [4.78, 5) is 13.9. The Bertz CT molecular complexity index is 479. The van der Waals surface area contributed by atoms with Crippen LogP contribution in [0, 0.1) is 13.8 Å². The molecule has 1 amide bonds. The number of carbonyl (C=O) groups excluding carboxylic acids is 1. The maximum absolute atomic E-state index is 12.3. The average molecular weight is 249 g/mol. The van der Waals surface area contributed by atoms with Gasteiger partial charge in [-0.05, 0) is 25.0 Å². The quantitative estimate of drug-likeness (QED) is 0.844. The normalized spacial score (nSPS) is 19.0. The van der Waals surface area contributed by atoms with E-state index < -0.39 is 12.4 Å². The van der Waals surface area contributed by atoms with E-state index in [9.17, 15) is 4.79 Å². The number of anilines is 1. The molecule has 98 valence electrons. The molecule has 2 N–H and O–H groups in total. The van der Waals surface area contributed by atoms with E-state index in [1.54, 1.807) is 4.90 Å². The fourth-order valence-corrected chi connectivity index (χ4v) is 2.07. The first kappa shape index (κ1) is 10.5. The molecule has 1 aromatic carbocycles. The van der Waals surface area contributed by atoms with Gasteiger partial charge in [0.2, 0.25) is 5.91 Å². The molecule has 1 heterocycles. The smallest absolute Gasteiger partial charge is 0.238 e. The maximum Gasteiger partial charge on any atom is 0.238 e. The zero-order chi connectivity index (χ0) is 14.8. The molecule has 0 bridgehead atoms. The monoisotopic (exact) mass is 249 g/mol. The van der Waals surface area contributed by atoms with Crippen molar-refractivity contribution in [3.63, 3.8) is 0 Å². The van der Waals surface area contributed by atoms with E-state index in [0.717, 1.165) is 11.1 Å². The van der Waals surface area contributed by atoms with Crippen LogP contribution >= 0.6 is 0 Å². The van der Waals surface area contributed by atoms with Crippen LogP contribution in [0.15, 0.2) is 18.2 Å². The Kier molecular flexibility index (Phi) is 3.50. The Labute approximate surface area is 111 Å². The van der Waals surface area contributed by atoms with Crippen LogP contribution in [0.3, 0.4) is 0 Å². The van der Waals surface area contributed by atoms with Crippen molar-refractivity contribution in [2.24, 2.45) is 0 Å². The van der Waals surface area contributed by atoms with Gasteiger partial charge in [0.15, 0.2) is 0 Å². The van der Waals surface area contributed by atoms with Gasteiger partial charge >= 0.3 is 0 Å². The van der Waals surface area contributed by atoms with Gasteiger partial charge in [0.1, 0.15) is 0 Å². The molecule has 0 aromatic heterocycles. The first-order chi connectivity index (χ1) is 9.43. The lowest BCUT2D eigenvalue weighted by Crippen LogP contribution is -2.46. The maximum atomic E-state index is 12.3. The van der Waals surface area contributed by atoms with Crippen LogP contribution in [0.2, 0.25) is 0 Å². The minimum absolute atomic E-state index is 0.535. The molecular formula is C14H21N3O. The van der Waals surface area contributed by atoms with Gasteiger partial charge in [-0.25, -0.2) is 0 Å². The Hall–Kier alpha value is -1.39. The van der Waals surface area contributed by atoms with Crippen molar-refractivity contribution in [1.29, 1.82) is 0 Å². The number of hydrogen-bond donors (Lipinski definition) is 2. The summed E-state index contributed by atoms with van der Waals surface area (Å²) in [5.74, 6) is -0.600. The van der Waals surface area contributed by atoms with Gasteiger partial charge in [-0.15, -0.1) is 0 Å². The summed E-state index contributed by atoms with van der Waals surface area (Å²) in [6.07, 6.45) is 0. The van der Waals surface area contributed by atoms with Crippen LogP contribution in [-0.4, -0.2) is 43.5 Å². The van der Waals surface area contributed by atoms with Crippen LogP contribution in [0.1, 0.15) is 13.9 Å². The average Bonchev–Trinajstić information content (AvgIpc) is 2.43. The molecule has 0 atom stereocenters. The topological polar surface area (TPSA) is 44.4 Å². The van der Waals surface area contributed by atoms with Gasteiger partial charge in [0.25, 0.3) is 0 Å². The number of carbonyl (C=O) groups is 1. The molecule has 0 unspecified atom stereocenters. The number of nitrogens with one attached hydrogen (secondary N) is 2. The van der Waals surface area contributed by atoms with Crippen LogP contribution < -0.4 is 10.6 Å². The van der Waals surface area contributed by atoms with E-state index >= 15 is 0 Å².